The van der Waals surface area contributed by atoms with Crippen LogP contribution in [0, 0.1) is 5.92 Å². The lowest BCUT2D eigenvalue weighted by Crippen LogP contribution is -2.26. The van der Waals surface area contributed by atoms with Gasteiger partial charge < -0.3 is 10.5 Å². The molecule has 0 atom stereocenters. The maximum Gasteiger partial charge on any atom is 0.0968 e. The molecule has 3 heteroatoms. The Labute approximate surface area is 106 Å². The van der Waals surface area contributed by atoms with Crippen LogP contribution in [-0.2, 0) is 4.74 Å². The van der Waals surface area contributed by atoms with E-state index in [4.69, 9.17) is 10.5 Å². The van der Waals surface area contributed by atoms with Gasteiger partial charge in [-0.2, -0.15) is 0 Å². The van der Waals surface area contributed by atoms with Gasteiger partial charge in [-0.3, -0.25) is 4.99 Å². The minimum absolute atomic E-state index is 0.560. The molecule has 0 amide bonds. The topological polar surface area (TPSA) is 47.6 Å². The third-order valence-corrected chi connectivity index (χ3v) is 3.41. The molecule has 0 aromatic heterocycles. The van der Waals surface area contributed by atoms with E-state index in [1.54, 1.807) is 0 Å². The van der Waals surface area contributed by atoms with E-state index >= 15 is 0 Å². The Morgan fingerprint density at radius 3 is 2.59 bits per heavy atom. The second-order valence-electron chi connectivity index (χ2n) is 4.96. The normalized spacial score (nSPS) is 18.5. The Kier molecular flexibility index (Phi) is 8.06. The Morgan fingerprint density at radius 2 is 1.88 bits per heavy atom. The lowest BCUT2D eigenvalue weighted by Gasteiger charge is -2.20. The zero-order valence-corrected chi connectivity index (χ0v) is 11.3. The van der Waals surface area contributed by atoms with E-state index in [1.165, 1.54) is 38.5 Å². The molecule has 0 aliphatic heterocycles. The van der Waals surface area contributed by atoms with E-state index in [9.17, 15) is 0 Å². The number of ether oxygens (including phenoxy) is 1. The van der Waals surface area contributed by atoms with Crippen LogP contribution in [0.1, 0.15) is 58.3 Å². The second kappa shape index (κ2) is 9.46. The van der Waals surface area contributed by atoms with Crippen LogP contribution in [0.2, 0.25) is 0 Å². The molecule has 17 heavy (non-hydrogen) atoms. The molecule has 0 unspecified atom stereocenters. The summed E-state index contributed by atoms with van der Waals surface area (Å²) in [5, 5.41) is 0. The lowest BCUT2D eigenvalue weighted by molar-refractivity contribution is 0.130. The molecule has 1 aliphatic rings. The first-order valence-corrected chi connectivity index (χ1v) is 7.22. The van der Waals surface area contributed by atoms with Crippen LogP contribution in [0.4, 0.5) is 0 Å². The Bertz CT molecular complexity index is 210. The van der Waals surface area contributed by atoms with Crippen molar-refractivity contribution in [1.29, 1.82) is 0 Å². The highest BCUT2D eigenvalue weighted by Crippen LogP contribution is 2.23. The predicted molar refractivity (Wildman–Crippen MR) is 73.4 cm³/mol. The van der Waals surface area contributed by atoms with E-state index in [0.717, 1.165) is 38.4 Å². The lowest BCUT2D eigenvalue weighted by atomic mass is 9.88. The van der Waals surface area contributed by atoms with Gasteiger partial charge in [-0.15, -0.1) is 0 Å². The molecule has 100 valence electrons. The summed E-state index contributed by atoms with van der Waals surface area (Å²) in [5.74, 6) is 1.45. The van der Waals surface area contributed by atoms with Gasteiger partial charge in [0.15, 0.2) is 0 Å². The van der Waals surface area contributed by atoms with Crippen LogP contribution in [0.25, 0.3) is 0 Å². The van der Waals surface area contributed by atoms with Crippen LogP contribution >= 0.6 is 0 Å². The summed E-state index contributed by atoms with van der Waals surface area (Å²) in [7, 11) is 0. The number of unbranched alkanes of at least 4 members (excludes halogenated alkanes) is 1. The van der Waals surface area contributed by atoms with Crippen LogP contribution < -0.4 is 5.73 Å². The highest BCUT2D eigenvalue weighted by Gasteiger charge is 2.16. The Hall–Kier alpha value is -0.570. The van der Waals surface area contributed by atoms with E-state index in [-0.39, 0.29) is 0 Å². The van der Waals surface area contributed by atoms with Gasteiger partial charge in [0.05, 0.1) is 5.84 Å². The molecule has 0 spiro atoms. The molecule has 1 aliphatic carbocycles. The SMILES string of the molecule is CCCCOCCCN=C(N)C1CCCCC1. The molecule has 0 aromatic rings. The van der Waals surface area contributed by atoms with Crippen molar-refractivity contribution in [3.63, 3.8) is 0 Å². The zero-order valence-electron chi connectivity index (χ0n) is 11.3. The van der Waals surface area contributed by atoms with Crippen molar-refractivity contribution in [2.45, 2.75) is 58.3 Å². The van der Waals surface area contributed by atoms with Crippen LogP contribution in [-0.4, -0.2) is 25.6 Å². The van der Waals surface area contributed by atoms with Crippen molar-refractivity contribution in [3.05, 3.63) is 0 Å². The molecule has 0 aromatic carbocycles. The fourth-order valence-corrected chi connectivity index (χ4v) is 2.25. The first-order chi connectivity index (χ1) is 8.34. The number of hydrogen-bond acceptors (Lipinski definition) is 2. The molecule has 0 saturated heterocycles. The maximum atomic E-state index is 6.02. The second-order valence-corrected chi connectivity index (χ2v) is 4.96. The number of rotatable bonds is 8. The minimum atomic E-state index is 0.560. The Morgan fingerprint density at radius 1 is 1.18 bits per heavy atom. The smallest absolute Gasteiger partial charge is 0.0968 e. The predicted octanol–water partition coefficient (Wildman–Crippen LogP) is 3.13. The monoisotopic (exact) mass is 240 g/mol. The molecule has 0 heterocycles. The van der Waals surface area contributed by atoms with E-state index in [2.05, 4.69) is 11.9 Å². The molecule has 0 radical (unpaired) electrons. The summed E-state index contributed by atoms with van der Waals surface area (Å²) in [6.07, 6.45) is 9.85. The highest BCUT2D eigenvalue weighted by molar-refractivity contribution is 5.82. The van der Waals surface area contributed by atoms with Gasteiger partial charge >= 0.3 is 0 Å². The van der Waals surface area contributed by atoms with Crippen LogP contribution in [0.5, 0.6) is 0 Å². The van der Waals surface area contributed by atoms with Crippen LogP contribution in [0.3, 0.4) is 0 Å². The third kappa shape index (κ3) is 6.67. The summed E-state index contributed by atoms with van der Waals surface area (Å²) < 4.78 is 5.49. The number of nitrogens with two attached hydrogens (primary N) is 1. The van der Waals surface area contributed by atoms with Crippen molar-refractivity contribution in [1.82, 2.24) is 0 Å². The fraction of sp³-hybridized carbons (Fsp3) is 0.929. The molecular formula is C14H28N2O. The van der Waals surface area contributed by atoms with Gasteiger partial charge in [0.2, 0.25) is 0 Å². The van der Waals surface area contributed by atoms with Gasteiger partial charge in [0.1, 0.15) is 0 Å². The quantitative estimate of drug-likeness (QED) is 0.402. The number of nitrogens with zero attached hydrogens (tertiary/aromatic N) is 1. The largest absolute Gasteiger partial charge is 0.387 e. The molecule has 0 bridgehead atoms. The zero-order chi connectivity index (χ0) is 12.3. The van der Waals surface area contributed by atoms with Crippen LogP contribution in [0.15, 0.2) is 4.99 Å². The summed E-state index contributed by atoms with van der Waals surface area (Å²) in [4.78, 5) is 4.48. The Balaban J connectivity index is 2.02. The van der Waals surface area contributed by atoms with Gasteiger partial charge in [0, 0.05) is 25.7 Å². The molecule has 2 N–H and O–H groups in total. The first-order valence-electron chi connectivity index (χ1n) is 7.22. The van der Waals surface area contributed by atoms with E-state index < -0.39 is 0 Å². The number of amidine groups is 1. The van der Waals surface area contributed by atoms with Crippen molar-refractivity contribution in [3.8, 4) is 0 Å². The van der Waals surface area contributed by atoms with E-state index in [1.807, 2.05) is 0 Å². The van der Waals surface area contributed by atoms with Gasteiger partial charge in [0.25, 0.3) is 0 Å². The number of hydrogen-bond donors (Lipinski definition) is 1. The minimum Gasteiger partial charge on any atom is -0.387 e. The summed E-state index contributed by atoms with van der Waals surface area (Å²) in [6, 6.07) is 0. The number of aliphatic imine (C=N–C) groups is 1. The van der Waals surface area contributed by atoms with Crippen molar-refractivity contribution in [2.75, 3.05) is 19.8 Å². The third-order valence-electron chi connectivity index (χ3n) is 3.41. The molecule has 1 rings (SSSR count). The highest BCUT2D eigenvalue weighted by atomic mass is 16.5. The average Bonchev–Trinajstić information content (AvgIpc) is 2.38. The van der Waals surface area contributed by atoms with Crippen molar-refractivity contribution < 1.29 is 4.74 Å². The maximum absolute atomic E-state index is 6.02. The standard InChI is InChI=1S/C14H28N2O/c1-2-3-11-17-12-7-10-16-14(15)13-8-5-4-6-9-13/h13H,2-12H2,1H3,(H2,15,16). The van der Waals surface area contributed by atoms with Crippen molar-refractivity contribution >= 4 is 5.84 Å². The molecule has 1 saturated carbocycles. The summed E-state index contributed by atoms with van der Waals surface area (Å²) in [6.45, 7) is 4.72. The van der Waals surface area contributed by atoms with Crippen molar-refractivity contribution in [2.24, 2.45) is 16.6 Å². The molecular weight excluding hydrogens is 212 g/mol. The molecule has 1 fully saturated rings. The summed E-state index contributed by atoms with van der Waals surface area (Å²) in [5.41, 5.74) is 6.02. The fourth-order valence-electron chi connectivity index (χ4n) is 2.25. The summed E-state index contributed by atoms with van der Waals surface area (Å²) >= 11 is 0. The van der Waals surface area contributed by atoms with Gasteiger partial charge in [-0.25, -0.2) is 0 Å². The van der Waals surface area contributed by atoms with E-state index in [0.29, 0.717) is 5.92 Å². The van der Waals surface area contributed by atoms with Gasteiger partial charge in [-0.1, -0.05) is 32.6 Å². The van der Waals surface area contributed by atoms with Gasteiger partial charge in [-0.05, 0) is 25.7 Å². The molecule has 3 nitrogen and oxygen atoms in total. The average molecular weight is 240 g/mol. The first kappa shape index (κ1) is 14.5.